The number of pyridine rings is 1. The van der Waals surface area contributed by atoms with E-state index in [0.29, 0.717) is 12.1 Å². The number of ether oxygens (including phenoxy) is 1. The summed E-state index contributed by atoms with van der Waals surface area (Å²) in [6.45, 7) is 2.19. The molecule has 4 heterocycles. The summed E-state index contributed by atoms with van der Waals surface area (Å²) in [5.74, 6) is -1.40. The molecule has 6 heteroatoms. The zero-order chi connectivity index (χ0) is 18.1. The third-order valence-corrected chi connectivity index (χ3v) is 5.80. The number of cyclic esters (lactones) is 1. The zero-order valence-electron chi connectivity index (χ0n) is 14.3. The minimum atomic E-state index is -1.73. The molecule has 1 aromatic carbocycles. The first kappa shape index (κ1) is 15.5. The lowest BCUT2D eigenvalue weighted by Crippen LogP contribution is -2.55. The Balaban J connectivity index is 1.68. The van der Waals surface area contributed by atoms with Crippen LogP contribution in [-0.2, 0) is 20.9 Å². The summed E-state index contributed by atoms with van der Waals surface area (Å²) in [7, 11) is 0. The van der Waals surface area contributed by atoms with Gasteiger partial charge >= 0.3 is 5.97 Å². The van der Waals surface area contributed by atoms with Gasteiger partial charge in [0.05, 0.1) is 23.2 Å². The Morgan fingerprint density at radius 1 is 1.35 bits per heavy atom. The molecule has 1 amide bonds. The van der Waals surface area contributed by atoms with E-state index in [1.54, 1.807) is 11.8 Å². The second-order valence-corrected chi connectivity index (χ2v) is 7.12. The van der Waals surface area contributed by atoms with Gasteiger partial charge in [0.2, 0.25) is 5.91 Å². The summed E-state index contributed by atoms with van der Waals surface area (Å²) in [5.41, 5.74) is 1.43. The molecule has 26 heavy (non-hydrogen) atoms. The van der Waals surface area contributed by atoms with Gasteiger partial charge in [-0.3, -0.25) is 4.79 Å². The Kier molecular flexibility index (Phi) is 3.07. The molecule has 3 aliphatic heterocycles. The van der Waals surface area contributed by atoms with Gasteiger partial charge in [-0.2, -0.15) is 0 Å². The van der Waals surface area contributed by atoms with Gasteiger partial charge in [-0.15, -0.1) is 0 Å². The van der Waals surface area contributed by atoms with Crippen LogP contribution in [0.1, 0.15) is 30.6 Å². The molecule has 1 aromatic heterocycles. The van der Waals surface area contributed by atoms with Crippen LogP contribution in [0.15, 0.2) is 42.0 Å². The first-order valence-corrected chi connectivity index (χ1v) is 8.84. The van der Waals surface area contributed by atoms with Crippen molar-refractivity contribution in [3.8, 4) is 0 Å². The second kappa shape index (κ2) is 5.14. The van der Waals surface area contributed by atoms with E-state index < -0.39 is 17.5 Å². The molecule has 1 fully saturated rings. The zero-order valence-corrected chi connectivity index (χ0v) is 14.3. The molecule has 0 saturated carbocycles. The second-order valence-electron chi connectivity index (χ2n) is 7.12. The molecule has 2 aromatic rings. The highest BCUT2D eigenvalue weighted by Gasteiger charge is 2.54. The van der Waals surface area contributed by atoms with E-state index in [4.69, 9.17) is 9.72 Å². The summed E-state index contributed by atoms with van der Waals surface area (Å²) < 4.78 is 5.12. The molecule has 0 bridgehead atoms. The number of rotatable bonds is 1. The van der Waals surface area contributed by atoms with E-state index in [-0.39, 0.29) is 25.0 Å². The highest BCUT2D eigenvalue weighted by molar-refractivity contribution is 5.93. The van der Waals surface area contributed by atoms with E-state index in [9.17, 15) is 14.7 Å². The Labute approximate surface area is 150 Å². The normalized spacial score (nSPS) is 29.8. The highest BCUT2D eigenvalue weighted by Crippen LogP contribution is 2.46. The molecule has 1 saturated heterocycles. The maximum atomic E-state index is 13.1. The number of hydrogen-bond donors (Lipinski definition) is 1. The van der Waals surface area contributed by atoms with Crippen molar-refractivity contribution in [2.75, 3.05) is 6.61 Å². The van der Waals surface area contributed by atoms with Crippen molar-refractivity contribution in [1.82, 2.24) is 9.88 Å². The van der Waals surface area contributed by atoms with Crippen LogP contribution >= 0.6 is 0 Å². The summed E-state index contributed by atoms with van der Waals surface area (Å²) in [6, 6.07) is 9.56. The molecule has 3 aliphatic rings. The molecule has 132 valence electrons. The summed E-state index contributed by atoms with van der Waals surface area (Å²) >= 11 is 0. The largest absolute Gasteiger partial charge is 0.462 e. The number of esters is 1. The van der Waals surface area contributed by atoms with Crippen LogP contribution in [0.5, 0.6) is 0 Å². The van der Waals surface area contributed by atoms with E-state index >= 15 is 0 Å². The number of fused-ring (bicyclic) bond motifs is 5. The number of aromatic nitrogens is 1. The van der Waals surface area contributed by atoms with Crippen LogP contribution in [0.3, 0.4) is 0 Å². The van der Waals surface area contributed by atoms with Crippen molar-refractivity contribution in [2.45, 2.75) is 31.5 Å². The molecule has 3 atom stereocenters. The van der Waals surface area contributed by atoms with E-state index in [2.05, 4.69) is 6.07 Å². The Bertz CT molecular complexity index is 998. The Morgan fingerprint density at radius 2 is 2.15 bits per heavy atom. The van der Waals surface area contributed by atoms with Gasteiger partial charge in [0.15, 0.2) is 5.60 Å². The van der Waals surface area contributed by atoms with Gasteiger partial charge in [0.25, 0.3) is 0 Å². The lowest BCUT2D eigenvalue weighted by atomic mass is 9.76. The third-order valence-electron chi connectivity index (χ3n) is 5.80. The minimum Gasteiger partial charge on any atom is -0.462 e. The SMILES string of the molecule is CC[C@@]1(O)C(=O)OCC2C(=O)N3Cc4cc5ccccc5nc4C3C=C21. The number of aliphatic hydroxyl groups is 1. The molecular formula is C20H18N2O4. The lowest BCUT2D eigenvalue weighted by molar-refractivity contribution is -0.173. The van der Waals surface area contributed by atoms with Gasteiger partial charge in [0.1, 0.15) is 6.61 Å². The van der Waals surface area contributed by atoms with Crippen molar-refractivity contribution >= 4 is 22.8 Å². The average Bonchev–Trinajstić information content (AvgIpc) is 3.01. The Morgan fingerprint density at radius 3 is 2.96 bits per heavy atom. The molecule has 1 N–H and O–H groups in total. The molecule has 6 nitrogen and oxygen atoms in total. The molecular weight excluding hydrogens is 332 g/mol. The van der Waals surface area contributed by atoms with Crippen LogP contribution in [0.2, 0.25) is 0 Å². The number of nitrogens with zero attached hydrogens (tertiary/aromatic N) is 2. The van der Waals surface area contributed by atoms with E-state index in [0.717, 1.165) is 22.2 Å². The number of benzene rings is 1. The van der Waals surface area contributed by atoms with Crippen molar-refractivity contribution in [3.05, 3.63) is 53.2 Å². The quantitative estimate of drug-likeness (QED) is 0.627. The summed E-state index contributed by atoms with van der Waals surface area (Å²) in [4.78, 5) is 31.8. The summed E-state index contributed by atoms with van der Waals surface area (Å²) in [5, 5.41) is 11.9. The van der Waals surface area contributed by atoms with Crippen LogP contribution in [-0.4, -0.2) is 39.1 Å². The van der Waals surface area contributed by atoms with Gasteiger partial charge in [0, 0.05) is 11.9 Å². The molecule has 0 aliphatic carbocycles. The van der Waals surface area contributed by atoms with Crippen LogP contribution in [0.25, 0.3) is 10.9 Å². The first-order valence-electron chi connectivity index (χ1n) is 8.84. The van der Waals surface area contributed by atoms with Crippen LogP contribution in [0, 0.1) is 5.92 Å². The van der Waals surface area contributed by atoms with Crippen molar-refractivity contribution in [1.29, 1.82) is 0 Å². The van der Waals surface area contributed by atoms with Gasteiger partial charge < -0.3 is 14.7 Å². The predicted molar refractivity (Wildman–Crippen MR) is 92.8 cm³/mol. The molecule has 0 spiro atoms. The highest BCUT2D eigenvalue weighted by atomic mass is 16.6. The standard InChI is InChI=1S/C20H18N2O4/c1-2-20(25)14-8-16-17-12(7-11-5-3-4-6-15(11)21-17)9-22(16)18(23)13(14)10-26-19(20)24/h3-8,13,16,25H,2,9-10H2,1H3/t13?,16?,20-/m0/s1. The maximum Gasteiger partial charge on any atom is 0.342 e. The molecule has 2 unspecified atom stereocenters. The number of carbonyl (C=O) groups is 2. The Hall–Kier alpha value is -2.73. The van der Waals surface area contributed by atoms with Crippen molar-refractivity contribution in [2.24, 2.45) is 5.92 Å². The predicted octanol–water partition coefficient (Wildman–Crippen LogP) is 1.87. The fourth-order valence-electron chi connectivity index (χ4n) is 4.32. The smallest absolute Gasteiger partial charge is 0.342 e. The lowest BCUT2D eigenvalue weighted by Gasteiger charge is -2.42. The topological polar surface area (TPSA) is 79.7 Å². The monoisotopic (exact) mass is 350 g/mol. The van der Waals surface area contributed by atoms with Crippen LogP contribution in [0.4, 0.5) is 0 Å². The van der Waals surface area contributed by atoms with Crippen LogP contribution < -0.4 is 0 Å². The fourth-order valence-corrected chi connectivity index (χ4v) is 4.32. The fraction of sp³-hybridized carbons (Fsp3) is 0.350. The number of amides is 1. The first-order chi connectivity index (χ1) is 12.5. The van der Waals surface area contributed by atoms with Gasteiger partial charge in [-0.25, -0.2) is 9.78 Å². The van der Waals surface area contributed by atoms with Crippen molar-refractivity contribution in [3.63, 3.8) is 0 Å². The molecule has 0 radical (unpaired) electrons. The van der Waals surface area contributed by atoms with Gasteiger partial charge in [-0.05, 0) is 29.7 Å². The van der Waals surface area contributed by atoms with Gasteiger partial charge in [-0.1, -0.05) is 31.2 Å². The van der Waals surface area contributed by atoms with E-state index in [1.807, 2.05) is 30.3 Å². The number of hydrogen-bond acceptors (Lipinski definition) is 5. The number of carbonyl (C=O) groups excluding carboxylic acids is 2. The third kappa shape index (κ3) is 1.88. The minimum absolute atomic E-state index is 0.0131. The molecule has 5 rings (SSSR count). The van der Waals surface area contributed by atoms with E-state index in [1.165, 1.54) is 0 Å². The maximum absolute atomic E-state index is 13.1. The number of para-hydroxylation sites is 1. The van der Waals surface area contributed by atoms with Crippen molar-refractivity contribution < 1.29 is 19.4 Å². The summed E-state index contributed by atoms with van der Waals surface area (Å²) in [6.07, 6.45) is 2.02. The average molecular weight is 350 g/mol.